The molecule has 0 aliphatic heterocycles. The van der Waals surface area contributed by atoms with Crippen molar-refractivity contribution < 1.29 is 9.90 Å². The summed E-state index contributed by atoms with van der Waals surface area (Å²) in [6.07, 6.45) is 9.38. The molecule has 90 valence electrons. The van der Waals surface area contributed by atoms with Crippen LogP contribution in [0.2, 0.25) is 0 Å². The molecule has 0 bridgehead atoms. The number of hydrogen-bond acceptors (Lipinski definition) is 3. The Bertz CT molecular complexity index is 442. The summed E-state index contributed by atoms with van der Waals surface area (Å²) in [5.41, 5.74) is 7.65. The highest BCUT2D eigenvalue weighted by atomic mass is 16.4. The van der Waals surface area contributed by atoms with E-state index in [1.165, 1.54) is 0 Å². The molecule has 0 aromatic rings. The second kappa shape index (κ2) is 5.96. The SMILES string of the molecule is C=C1C=CC=CC1=N/C(=C\C)CC(N)C(=O)O. The third kappa shape index (κ3) is 3.85. The normalized spacial score (nSPS) is 19.8. The minimum absolute atomic E-state index is 0.208. The molecule has 1 unspecified atom stereocenters. The summed E-state index contributed by atoms with van der Waals surface area (Å²) < 4.78 is 0. The third-order valence-corrected chi connectivity index (χ3v) is 2.34. The number of allylic oxidation sites excluding steroid dienone is 6. The predicted octanol–water partition coefficient (Wildman–Crippen LogP) is 1.82. The van der Waals surface area contributed by atoms with E-state index in [9.17, 15) is 4.79 Å². The molecule has 1 aliphatic rings. The van der Waals surface area contributed by atoms with Crippen LogP contribution in [0.25, 0.3) is 0 Å². The van der Waals surface area contributed by atoms with Crippen LogP contribution in [0.5, 0.6) is 0 Å². The molecule has 1 aliphatic carbocycles. The van der Waals surface area contributed by atoms with Crippen molar-refractivity contribution in [1.82, 2.24) is 0 Å². The predicted molar refractivity (Wildman–Crippen MR) is 68.8 cm³/mol. The molecule has 0 spiro atoms. The van der Waals surface area contributed by atoms with Crippen LogP contribution in [0.3, 0.4) is 0 Å². The molecular formula is C13H16N2O2. The number of rotatable bonds is 4. The standard InChI is InChI=1S/C13H16N2O2/c1-3-10(8-11(14)13(16)17)15-12-7-5-4-6-9(12)2/h3-7,11H,2,8,14H2,1H3,(H,16,17)/b10-3-,15-12?. The first-order valence-electron chi connectivity index (χ1n) is 5.31. The highest BCUT2D eigenvalue weighted by Crippen LogP contribution is 2.12. The fraction of sp³-hybridized carbons (Fsp3) is 0.231. The fourth-order valence-electron chi connectivity index (χ4n) is 1.32. The lowest BCUT2D eigenvalue weighted by Gasteiger charge is -2.09. The monoisotopic (exact) mass is 232 g/mol. The second-order valence-electron chi connectivity index (χ2n) is 3.67. The van der Waals surface area contributed by atoms with Crippen molar-refractivity contribution >= 4 is 11.7 Å². The maximum Gasteiger partial charge on any atom is 0.320 e. The van der Waals surface area contributed by atoms with Gasteiger partial charge in [0.2, 0.25) is 0 Å². The van der Waals surface area contributed by atoms with E-state index in [2.05, 4.69) is 11.6 Å². The zero-order valence-electron chi connectivity index (χ0n) is 9.76. The van der Waals surface area contributed by atoms with Gasteiger partial charge in [0.25, 0.3) is 0 Å². The Hall–Kier alpha value is -1.94. The number of aliphatic imine (C=N–C) groups is 1. The summed E-state index contributed by atoms with van der Waals surface area (Å²) in [5, 5.41) is 8.74. The maximum absolute atomic E-state index is 10.7. The van der Waals surface area contributed by atoms with E-state index >= 15 is 0 Å². The van der Waals surface area contributed by atoms with Gasteiger partial charge in [-0.3, -0.25) is 9.79 Å². The van der Waals surface area contributed by atoms with E-state index < -0.39 is 12.0 Å². The number of nitrogens with zero attached hydrogens (tertiary/aromatic N) is 1. The molecule has 0 aromatic carbocycles. The molecular weight excluding hydrogens is 216 g/mol. The quantitative estimate of drug-likeness (QED) is 0.776. The Labute approximate surface area is 101 Å². The van der Waals surface area contributed by atoms with Crippen LogP contribution in [-0.4, -0.2) is 22.8 Å². The molecule has 0 amide bonds. The van der Waals surface area contributed by atoms with E-state index in [-0.39, 0.29) is 6.42 Å². The number of hydrogen-bond donors (Lipinski definition) is 2. The van der Waals surface area contributed by atoms with Gasteiger partial charge in [-0.15, -0.1) is 0 Å². The number of nitrogens with two attached hydrogens (primary N) is 1. The zero-order valence-corrected chi connectivity index (χ0v) is 9.76. The van der Waals surface area contributed by atoms with Gasteiger partial charge in [0.1, 0.15) is 6.04 Å². The largest absolute Gasteiger partial charge is 0.480 e. The van der Waals surface area contributed by atoms with Gasteiger partial charge in [-0.1, -0.05) is 30.9 Å². The van der Waals surface area contributed by atoms with Crippen LogP contribution in [-0.2, 0) is 4.79 Å². The van der Waals surface area contributed by atoms with E-state index in [0.29, 0.717) is 5.70 Å². The average molecular weight is 232 g/mol. The number of aliphatic carboxylic acids is 1. The lowest BCUT2D eigenvalue weighted by atomic mass is 10.1. The van der Waals surface area contributed by atoms with Gasteiger partial charge in [-0.05, 0) is 18.6 Å². The van der Waals surface area contributed by atoms with E-state index in [1.54, 1.807) is 13.0 Å². The Morgan fingerprint density at radius 2 is 2.24 bits per heavy atom. The molecule has 0 fully saturated rings. The third-order valence-electron chi connectivity index (χ3n) is 2.34. The zero-order chi connectivity index (χ0) is 12.8. The van der Waals surface area contributed by atoms with Gasteiger partial charge in [0, 0.05) is 12.1 Å². The van der Waals surface area contributed by atoms with E-state index in [1.807, 2.05) is 24.3 Å². The van der Waals surface area contributed by atoms with E-state index in [4.69, 9.17) is 10.8 Å². The molecule has 17 heavy (non-hydrogen) atoms. The van der Waals surface area contributed by atoms with Gasteiger partial charge in [-0.25, -0.2) is 0 Å². The number of carboxylic acids is 1. The molecule has 0 aromatic heterocycles. The molecule has 4 heteroatoms. The van der Waals surface area contributed by atoms with Crippen molar-refractivity contribution in [3.8, 4) is 0 Å². The Kier molecular flexibility index (Phi) is 4.60. The van der Waals surface area contributed by atoms with Crippen LogP contribution in [0.15, 0.2) is 53.2 Å². The highest BCUT2D eigenvalue weighted by Gasteiger charge is 2.13. The summed E-state index contributed by atoms with van der Waals surface area (Å²) in [6.45, 7) is 5.66. The van der Waals surface area contributed by atoms with Crippen molar-refractivity contribution in [2.75, 3.05) is 0 Å². The molecule has 0 saturated heterocycles. The van der Waals surface area contributed by atoms with Crippen molar-refractivity contribution in [2.45, 2.75) is 19.4 Å². The lowest BCUT2D eigenvalue weighted by Crippen LogP contribution is -2.30. The van der Waals surface area contributed by atoms with Crippen LogP contribution >= 0.6 is 0 Å². The van der Waals surface area contributed by atoms with Crippen molar-refractivity contribution in [3.05, 3.63) is 48.2 Å². The van der Waals surface area contributed by atoms with Gasteiger partial charge >= 0.3 is 5.97 Å². The topological polar surface area (TPSA) is 75.7 Å². The minimum atomic E-state index is -1.03. The second-order valence-corrected chi connectivity index (χ2v) is 3.67. The van der Waals surface area contributed by atoms with Crippen molar-refractivity contribution in [2.24, 2.45) is 10.7 Å². The lowest BCUT2D eigenvalue weighted by molar-refractivity contribution is -0.138. The molecule has 0 heterocycles. The fourth-order valence-corrected chi connectivity index (χ4v) is 1.32. The van der Waals surface area contributed by atoms with E-state index in [0.717, 1.165) is 11.3 Å². The summed E-state index contributed by atoms with van der Waals surface area (Å²) in [5.74, 6) is -1.03. The average Bonchev–Trinajstić information content (AvgIpc) is 2.30. The number of carboxylic acid groups (broad SMARTS) is 1. The summed E-state index contributed by atoms with van der Waals surface area (Å²) in [6, 6.07) is -0.929. The van der Waals surface area contributed by atoms with Crippen LogP contribution in [0.1, 0.15) is 13.3 Å². The molecule has 1 rings (SSSR count). The first-order chi connectivity index (χ1) is 8.04. The highest BCUT2D eigenvalue weighted by molar-refractivity contribution is 6.11. The maximum atomic E-state index is 10.7. The van der Waals surface area contributed by atoms with Crippen LogP contribution in [0, 0.1) is 0 Å². The Balaban J connectivity index is 2.80. The van der Waals surface area contributed by atoms with Crippen molar-refractivity contribution in [3.63, 3.8) is 0 Å². The summed E-state index contributed by atoms with van der Waals surface area (Å²) in [4.78, 5) is 15.0. The van der Waals surface area contributed by atoms with Crippen molar-refractivity contribution in [1.29, 1.82) is 0 Å². The number of carbonyl (C=O) groups is 1. The summed E-state index contributed by atoms with van der Waals surface area (Å²) >= 11 is 0. The van der Waals surface area contributed by atoms with Gasteiger partial charge in [0.15, 0.2) is 0 Å². The molecule has 3 N–H and O–H groups in total. The Morgan fingerprint density at radius 3 is 2.76 bits per heavy atom. The minimum Gasteiger partial charge on any atom is -0.480 e. The Morgan fingerprint density at radius 1 is 1.59 bits per heavy atom. The smallest absolute Gasteiger partial charge is 0.320 e. The molecule has 0 saturated carbocycles. The van der Waals surface area contributed by atoms with Gasteiger partial charge in [-0.2, -0.15) is 0 Å². The first-order valence-corrected chi connectivity index (χ1v) is 5.31. The molecule has 4 nitrogen and oxygen atoms in total. The molecule has 0 radical (unpaired) electrons. The first kappa shape index (κ1) is 13.1. The summed E-state index contributed by atoms with van der Waals surface area (Å²) in [7, 11) is 0. The van der Waals surface area contributed by atoms with Gasteiger partial charge < -0.3 is 10.8 Å². The van der Waals surface area contributed by atoms with Gasteiger partial charge in [0.05, 0.1) is 5.71 Å². The molecule has 1 atom stereocenters. The van der Waals surface area contributed by atoms with Crippen LogP contribution in [0.4, 0.5) is 0 Å². The van der Waals surface area contributed by atoms with Crippen LogP contribution < -0.4 is 5.73 Å².